The summed E-state index contributed by atoms with van der Waals surface area (Å²) in [6.07, 6.45) is 3.01. The highest BCUT2D eigenvalue weighted by atomic mass is 35.5. The summed E-state index contributed by atoms with van der Waals surface area (Å²) in [5.74, 6) is -1.53. The first kappa shape index (κ1) is 20.7. The lowest BCUT2D eigenvalue weighted by Crippen LogP contribution is -2.27. The van der Waals surface area contributed by atoms with Crippen LogP contribution in [0.25, 0.3) is 6.08 Å². The average Bonchev–Trinajstić information content (AvgIpc) is 2.95. The van der Waals surface area contributed by atoms with E-state index in [2.05, 4.69) is 0 Å². The van der Waals surface area contributed by atoms with Crippen molar-refractivity contribution in [2.75, 3.05) is 4.90 Å². The Morgan fingerprint density at radius 1 is 1.24 bits per heavy atom. The van der Waals surface area contributed by atoms with E-state index in [0.29, 0.717) is 11.3 Å². The van der Waals surface area contributed by atoms with Crippen LogP contribution in [0.2, 0.25) is 0 Å². The molecule has 7 nitrogen and oxygen atoms in total. The molecule has 0 radical (unpaired) electrons. The molecule has 0 atom stereocenters. The van der Waals surface area contributed by atoms with Crippen LogP contribution < -0.4 is 4.90 Å². The van der Waals surface area contributed by atoms with Gasteiger partial charge in [0.05, 0.1) is 21.1 Å². The molecule has 2 aromatic carbocycles. The number of benzene rings is 2. The quantitative estimate of drug-likeness (QED) is 0.304. The normalized spacial score (nSPS) is 15.8. The predicted octanol–water partition coefficient (Wildman–Crippen LogP) is 4.82. The van der Waals surface area contributed by atoms with Crippen LogP contribution in [0.15, 0.2) is 64.5 Å². The highest BCUT2D eigenvalue weighted by Gasteiger charge is 2.33. The monoisotopic (exact) mass is 446 g/mol. The minimum atomic E-state index is -1.11. The maximum atomic E-state index is 12.7. The maximum absolute atomic E-state index is 12.7. The van der Waals surface area contributed by atoms with Gasteiger partial charge in [0.2, 0.25) is 0 Å². The van der Waals surface area contributed by atoms with Crippen molar-refractivity contribution in [3.05, 3.63) is 85.8 Å². The fourth-order valence-corrected chi connectivity index (χ4v) is 4.08. The van der Waals surface area contributed by atoms with Crippen molar-refractivity contribution in [1.82, 2.24) is 0 Å². The van der Waals surface area contributed by atoms with Gasteiger partial charge in [0, 0.05) is 17.2 Å². The summed E-state index contributed by atoms with van der Waals surface area (Å²) in [7, 11) is 0. The van der Waals surface area contributed by atoms with Crippen LogP contribution in [-0.4, -0.2) is 26.2 Å². The zero-order chi connectivity index (χ0) is 21.1. The Labute approximate surface area is 179 Å². The highest BCUT2D eigenvalue weighted by Crippen LogP contribution is 2.36. The van der Waals surface area contributed by atoms with Crippen LogP contribution in [0, 0.1) is 10.1 Å². The Morgan fingerprint density at radius 3 is 2.55 bits per heavy atom. The molecule has 1 N–H and O–H groups in total. The number of hydrogen-bond acceptors (Lipinski definition) is 6. The van der Waals surface area contributed by atoms with Crippen LogP contribution in [0.4, 0.5) is 11.4 Å². The van der Waals surface area contributed by atoms with Gasteiger partial charge in [-0.3, -0.25) is 19.8 Å². The van der Waals surface area contributed by atoms with Gasteiger partial charge in [-0.2, -0.15) is 0 Å². The van der Waals surface area contributed by atoms with Crippen LogP contribution >= 0.6 is 35.6 Å². The van der Waals surface area contributed by atoms with Crippen molar-refractivity contribution in [3.8, 4) is 0 Å². The standard InChI is InChI=1S/C19H11ClN2O5S2/c20-13(8-11-4-6-14(7-5-11)22(26)27)10-16-17(23)21(19(28)29-16)15-3-1-2-12(9-15)18(24)25/h1-10H,(H,24,25). The Morgan fingerprint density at radius 2 is 1.93 bits per heavy atom. The molecule has 3 rings (SSSR count). The lowest BCUT2D eigenvalue weighted by Gasteiger charge is -2.14. The minimum absolute atomic E-state index is 0.0385. The number of carbonyl (C=O) groups is 2. The molecule has 1 saturated heterocycles. The topological polar surface area (TPSA) is 101 Å². The molecule has 1 fully saturated rings. The largest absolute Gasteiger partial charge is 0.478 e. The second kappa shape index (κ2) is 8.56. The van der Waals surface area contributed by atoms with Crippen molar-refractivity contribution in [2.45, 2.75) is 0 Å². The summed E-state index contributed by atoms with van der Waals surface area (Å²) in [4.78, 5) is 35.6. The summed E-state index contributed by atoms with van der Waals surface area (Å²) in [6.45, 7) is 0. The van der Waals surface area contributed by atoms with E-state index >= 15 is 0 Å². The van der Waals surface area contributed by atoms with E-state index in [9.17, 15) is 19.7 Å². The van der Waals surface area contributed by atoms with E-state index in [1.807, 2.05) is 0 Å². The minimum Gasteiger partial charge on any atom is -0.478 e. The van der Waals surface area contributed by atoms with Crippen molar-refractivity contribution in [2.24, 2.45) is 0 Å². The summed E-state index contributed by atoms with van der Waals surface area (Å²) in [5, 5.41) is 20.1. The molecule has 1 aliphatic heterocycles. The predicted molar refractivity (Wildman–Crippen MR) is 116 cm³/mol. The summed E-state index contributed by atoms with van der Waals surface area (Å²) < 4.78 is 0.253. The van der Waals surface area contributed by atoms with Gasteiger partial charge in [0.15, 0.2) is 4.32 Å². The number of aromatic carboxylic acids is 1. The number of anilines is 1. The van der Waals surface area contributed by atoms with Gasteiger partial charge in [-0.05, 0) is 48.0 Å². The molecule has 0 aromatic heterocycles. The smallest absolute Gasteiger partial charge is 0.335 e. The van der Waals surface area contributed by atoms with Gasteiger partial charge in [0.1, 0.15) is 0 Å². The second-order valence-corrected chi connectivity index (χ2v) is 7.86. The first-order chi connectivity index (χ1) is 13.8. The third-order valence-corrected chi connectivity index (χ3v) is 5.34. The number of thioether (sulfide) groups is 1. The number of nitrogens with zero attached hydrogens (tertiary/aromatic N) is 2. The third-order valence-electron chi connectivity index (χ3n) is 3.82. The van der Waals surface area contributed by atoms with E-state index in [1.54, 1.807) is 12.1 Å². The van der Waals surface area contributed by atoms with Gasteiger partial charge >= 0.3 is 5.97 Å². The van der Waals surface area contributed by atoms with Gasteiger partial charge < -0.3 is 5.11 Å². The number of carboxylic acids is 1. The molecule has 2 aromatic rings. The molecule has 10 heteroatoms. The fourth-order valence-electron chi connectivity index (χ4n) is 2.49. The first-order valence-electron chi connectivity index (χ1n) is 7.99. The number of nitro benzene ring substituents is 1. The Hall–Kier alpha value is -3.01. The number of carbonyl (C=O) groups excluding carboxylic acids is 1. The van der Waals surface area contributed by atoms with Crippen LogP contribution in [0.5, 0.6) is 0 Å². The van der Waals surface area contributed by atoms with Gasteiger partial charge in [0.25, 0.3) is 11.6 Å². The summed E-state index contributed by atoms with van der Waals surface area (Å²) in [6, 6.07) is 11.7. The van der Waals surface area contributed by atoms with Crippen molar-refractivity contribution < 1.29 is 19.6 Å². The Bertz CT molecular complexity index is 1100. The van der Waals surface area contributed by atoms with E-state index in [4.69, 9.17) is 28.9 Å². The number of carboxylic acid groups (broad SMARTS) is 1. The van der Waals surface area contributed by atoms with Gasteiger partial charge in [-0.1, -0.05) is 41.6 Å². The Kier molecular flexibility index (Phi) is 6.12. The molecule has 0 unspecified atom stereocenters. The molecule has 0 aliphatic carbocycles. The molecule has 29 heavy (non-hydrogen) atoms. The van der Waals surface area contributed by atoms with Crippen molar-refractivity contribution in [1.29, 1.82) is 0 Å². The number of hydrogen-bond donors (Lipinski definition) is 1. The highest BCUT2D eigenvalue weighted by molar-refractivity contribution is 8.27. The van der Waals surface area contributed by atoms with Gasteiger partial charge in [-0.15, -0.1) is 0 Å². The zero-order valence-corrected chi connectivity index (χ0v) is 16.8. The van der Waals surface area contributed by atoms with Crippen molar-refractivity contribution >= 4 is 69.2 Å². The van der Waals surface area contributed by atoms with E-state index in [-0.39, 0.29) is 25.5 Å². The number of halogens is 1. The molecule has 0 spiro atoms. The van der Waals surface area contributed by atoms with Gasteiger partial charge in [-0.25, -0.2) is 4.79 Å². The number of amides is 1. The van der Waals surface area contributed by atoms with Crippen LogP contribution in [0.1, 0.15) is 15.9 Å². The molecular weight excluding hydrogens is 436 g/mol. The average molecular weight is 447 g/mol. The number of nitro groups is 1. The maximum Gasteiger partial charge on any atom is 0.335 e. The van der Waals surface area contributed by atoms with E-state index < -0.39 is 16.8 Å². The van der Waals surface area contributed by atoms with Crippen molar-refractivity contribution in [3.63, 3.8) is 0 Å². The molecule has 0 saturated carbocycles. The second-order valence-electron chi connectivity index (χ2n) is 5.75. The first-order valence-corrected chi connectivity index (χ1v) is 9.59. The molecule has 146 valence electrons. The number of thiocarbonyl (C=S) groups is 1. The molecular formula is C19H11ClN2O5S2. The lowest BCUT2D eigenvalue weighted by molar-refractivity contribution is -0.384. The lowest BCUT2D eigenvalue weighted by atomic mass is 10.2. The fraction of sp³-hybridized carbons (Fsp3) is 0. The third kappa shape index (κ3) is 4.70. The Balaban J connectivity index is 1.84. The summed E-state index contributed by atoms with van der Waals surface area (Å²) >= 11 is 12.5. The van der Waals surface area contributed by atoms with Crippen LogP contribution in [-0.2, 0) is 4.79 Å². The SMILES string of the molecule is O=C(O)c1cccc(N2C(=O)C(=CC(Cl)=Cc3ccc([N+](=O)[O-])cc3)SC2=S)c1. The number of non-ortho nitro benzene ring substituents is 1. The molecule has 1 heterocycles. The summed E-state index contributed by atoms with van der Waals surface area (Å²) in [5.41, 5.74) is 0.979. The van der Waals surface area contributed by atoms with E-state index in [0.717, 1.165) is 11.8 Å². The zero-order valence-electron chi connectivity index (χ0n) is 14.4. The number of allylic oxidation sites excluding steroid dienone is 2. The number of rotatable bonds is 5. The molecule has 1 aliphatic rings. The van der Waals surface area contributed by atoms with E-state index in [1.165, 1.54) is 53.4 Å². The van der Waals surface area contributed by atoms with Crippen LogP contribution in [0.3, 0.4) is 0 Å². The molecule has 0 bridgehead atoms. The molecule has 1 amide bonds.